The quantitative estimate of drug-likeness (QED) is 0.550. The lowest BCUT2D eigenvalue weighted by Crippen LogP contribution is -2.44. The van der Waals surface area contributed by atoms with Crippen molar-refractivity contribution in [1.82, 2.24) is 19.7 Å². The van der Waals surface area contributed by atoms with Gasteiger partial charge in [0.05, 0.1) is 0 Å². The third kappa shape index (κ3) is 4.97. The van der Waals surface area contributed by atoms with Gasteiger partial charge in [-0.1, -0.05) is 12.1 Å². The van der Waals surface area contributed by atoms with Crippen molar-refractivity contribution in [2.75, 3.05) is 33.2 Å². The average Bonchev–Trinajstić information content (AvgIpc) is 3.81. The first-order valence-electron chi connectivity index (χ1n) is 13.4. The van der Waals surface area contributed by atoms with Crippen LogP contribution in [0.2, 0.25) is 0 Å². The lowest BCUT2D eigenvalue weighted by Gasteiger charge is -2.32. The van der Waals surface area contributed by atoms with E-state index in [9.17, 15) is 9.59 Å². The summed E-state index contributed by atoms with van der Waals surface area (Å²) in [6, 6.07) is 12.5. The van der Waals surface area contributed by atoms with Crippen molar-refractivity contribution >= 4 is 16.7 Å². The zero-order valence-electron chi connectivity index (χ0n) is 21.4. The highest BCUT2D eigenvalue weighted by Crippen LogP contribution is 2.32. The molecule has 2 aromatic carbocycles. The summed E-state index contributed by atoms with van der Waals surface area (Å²) in [4.78, 5) is 31.0. The third-order valence-corrected chi connectivity index (χ3v) is 8.03. The SMILES string of the molecule is Cc1ccc(C(=O)NC2CC2)cc1-c1ccc2c(=O)n(CC3CC3)cc(CN3CCN(C)CC3)c2c1. The fraction of sp³-hybridized carbons (Fsp3) is 0.467. The number of rotatable bonds is 7. The highest BCUT2D eigenvalue weighted by atomic mass is 16.1. The van der Waals surface area contributed by atoms with Crippen LogP contribution < -0.4 is 10.9 Å². The number of carbonyl (C=O) groups is 1. The van der Waals surface area contributed by atoms with Crippen molar-refractivity contribution in [3.8, 4) is 11.1 Å². The largest absolute Gasteiger partial charge is 0.349 e. The molecule has 0 radical (unpaired) electrons. The van der Waals surface area contributed by atoms with Crippen LogP contribution in [0, 0.1) is 12.8 Å². The summed E-state index contributed by atoms with van der Waals surface area (Å²) in [5, 5.41) is 4.93. The molecule has 36 heavy (non-hydrogen) atoms. The highest BCUT2D eigenvalue weighted by molar-refractivity contribution is 5.97. The molecule has 1 saturated heterocycles. The van der Waals surface area contributed by atoms with Crippen molar-refractivity contribution in [3.05, 3.63) is 69.6 Å². The number of benzene rings is 2. The molecule has 3 aliphatic rings. The Labute approximate surface area is 212 Å². The number of nitrogens with zero attached hydrogens (tertiary/aromatic N) is 3. The topological polar surface area (TPSA) is 57.6 Å². The number of nitrogens with one attached hydrogen (secondary N) is 1. The first-order chi connectivity index (χ1) is 17.4. The van der Waals surface area contributed by atoms with Gasteiger partial charge in [0.15, 0.2) is 0 Å². The summed E-state index contributed by atoms with van der Waals surface area (Å²) in [6.07, 6.45) is 6.72. The molecule has 6 nitrogen and oxygen atoms in total. The highest BCUT2D eigenvalue weighted by Gasteiger charge is 2.25. The molecule has 6 rings (SSSR count). The number of amides is 1. The molecule has 0 atom stereocenters. The van der Waals surface area contributed by atoms with E-state index < -0.39 is 0 Å². The number of pyridine rings is 1. The van der Waals surface area contributed by atoms with E-state index in [2.05, 4.69) is 47.4 Å². The van der Waals surface area contributed by atoms with Gasteiger partial charge >= 0.3 is 0 Å². The average molecular weight is 485 g/mol. The number of likely N-dealkylation sites (N-methyl/N-ethyl adjacent to an activating group) is 1. The summed E-state index contributed by atoms with van der Waals surface area (Å²) in [6.45, 7) is 7.97. The van der Waals surface area contributed by atoms with Crippen LogP contribution in [0.3, 0.4) is 0 Å². The molecule has 2 saturated carbocycles. The standard InChI is InChI=1S/C30H36N4O2/c1-20-3-6-23(29(35)31-25-8-9-25)16-27(20)22-7-10-26-28(15-22)24(18-33-13-11-32(2)12-14-33)19-34(30(26)36)17-21-4-5-21/h3,6-7,10,15-16,19,21,25H,4-5,8-9,11-14,17-18H2,1-2H3,(H,31,35). The van der Waals surface area contributed by atoms with E-state index in [1.807, 2.05) is 28.8 Å². The number of hydrogen-bond acceptors (Lipinski definition) is 4. The number of aryl methyl sites for hydroxylation is 1. The zero-order valence-corrected chi connectivity index (χ0v) is 21.4. The molecule has 1 amide bonds. The molecule has 0 unspecified atom stereocenters. The van der Waals surface area contributed by atoms with Gasteiger partial charge in [0.2, 0.25) is 0 Å². The number of fused-ring (bicyclic) bond motifs is 1. The van der Waals surface area contributed by atoms with E-state index in [1.165, 1.54) is 18.4 Å². The number of carbonyl (C=O) groups excluding carboxylic acids is 1. The van der Waals surface area contributed by atoms with Gasteiger partial charge in [0.1, 0.15) is 0 Å². The Morgan fingerprint density at radius 3 is 2.47 bits per heavy atom. The molecule has 1 N–H and O–H groups in total. The smallest absolute Gasteiger partial charge is 0.258 e. The summed E-state index contributed by atoms with van der Waals surface area (Å²) in [5.74, 6) is 0.640. The number of piperazine rings is 1. The predicted molar refractivity (Wildman–Crippen MR) is 144 cm³/mol. The fourth-order valence-corrected chi connectivity index (χ4v) is 5.29. The summed E-state index contributed by atoms with van der Waals surface area (Å²) in [5.41, 5.74) is 5.25. The second-order valence-electron chi connectivity index (χ2n) is 11.2. The first kappa shape index (κ1) is 23.4. The van der Waals surface area contributed by atoms with Gasteiger partial charge in [-0.2, -0.15) is 0 Å². The maximum atomic E-state index is 13.4. The molecule has 2 heterocycles. The van der Waals surface area contributed by atoms with E-state index in [0.717, 1.165) is 79.6 Å². The molecule has 1 aliphatic heterocycles. The molecular weight excluding hydrogens is 448 g/mol. The van der Waals surface area contributed by atoms with Gasteiger partial charge in [-0.15, -0.1) is 0 Å². The minimum absolute atomic E-state index is 0.00161. The van der Waals surface area contributed by atoms with Crippen LogP contribution in [0.15, 0.2) is 47.4 Å². The first-order valence-corrected chi connectivity index (χ1v) is 13.4. The van der Waals surface area contributed by atoms with Gasteiger partial charge in [0, 0.05) is 62.5 Å². The van der Waals surface area contributed by atoms with E-state index in [0.29, 0.717) is 17.5 Å². The second-order valence-corrected chi connectivity index (χ2v) is 11.2. The van der Waals surface area contributed by atoms with Crippen LogP contribution in [0.5, 0.6) is 0 Å². The lowest BCUT2D eigenvalue weighted by molar-refractivity contribution is 0.0951. The molecule has 0 spiro atoms. The Bertz CT molecular complexity index is 1360. The van der Waals surface area contributed by atoms with Crippen LogP contribution in [0.25, 0.3) is 21.9 Å². The molecule has 6 heteroatoms. The summed E-state index contributed by atoms with van der Waals surface area (Å²) in [7, 11) is 2.18. The van der Waals surface area contributed by atoms with Crippen molar-refractivity contribution in [2.45, 2.75) is 51.7 Å². The predicted octanol–water partition coefficient (Wildman–Crippen LogP) is 4.03. The van der Waals surface area contributed by atoms with Crippen LogP contribution in [0.4, 0.5) is 0 Å². The Kier molecular flexibility index (Phi) is 6.18. The van der Waals surface area contributed by atoms with E-state index in [4.69, 9.17) is 0 Å². The van der Waals surface area contributed by atoms with Crippen LogP contribution >= 0.6 is 0 Å². The number of hydrogen-bond donors (Lipinski definition) is 1. The third-order valence-electron chi connectivity index (χ3n) is 8.03. The minimum atomic E-state index is -0.00161. The minimum Gasteiger partial charge on any atom is -0.349 e. The van der Waals surface area contributed by atoms with Crippen LogP contribution in [-0.2, 0) is 13.1 Å². The Morgan fingerprint density at radius 2 is 1.75 bits per heavy atom. The number of aromatic nitrogens is 1. The summed E-state index contributed by atoms with van der Waals surface area (Å²) >= 11 is 0. The van der Waals surface area contributed by atoms with Crippen molar-refractivity contribution < 1.29 is 4.79 Å². The van der Waals surface area contributed by atoms with Crippen molar-refractivity contribution in [2.24, 2.45) is 5.92 Å². The van der Waals surface area contributed by atoms with E-state index in [-0.39, 0.29) is 11.5 Å². The molecule has 3 fully saturated rings. The molecular formula is C30H36N4O2. The van der Waals surface area contributed by atoms with Gasteiger partial charge in [0.25, 0.3) is 11.5 Å². The zero-order chi connectivity index (χ0) is 24.8. The van der Waals surface area contributed by atoms with Gasteiger partial charge < -0.3 is 14.8 Å². The van der Waals surface area contributed by atoms with E-state index in [1.54, 1.807) is 0 Å². The monoisotopic (exact) mass is 484 g/mol. The molecule has 2 aliphatic carbocycles. The fourth-order valence-electron chi connectivity index (χ4n) is 5.29. The Balaban J connectivity index is 1.40. The molecule has 0 bridgehead atoms. The van der Waals surface area contributed by atoms with Gasteiger partial charge in [-0.05, 0) is 97.5 Å². The van der Waals surface area contributed by atoms with Crippen LogP contribution in [-0.4, -0.2) is 59.5 Å². The van der Waals surface area contributed by atoms with Crippen molar-refractivity contribution in [3.63, 3.8) is 0 Å². The molecule has 188 valence electrons. The maximum Gasteiger partial charge on any atom is 0.258 e. The normalized spacial score (nSPS) is 19.1. The van der Waals surface area contributed by atoms with Crippen molar-refractivity contribution in [1.29, 1.82) is 0 Å². The Hall–Kier alpha value is -2.96. The summed E-state index contributed by atoms with van der Waals surface area (Å²) < 4.78 is 1.96. The van der Waals surface area contributed by atoms with E-state index >= 15 is 0 Å². The lowest BCUT2D eigenvalue weighted by atomic mass is 9.94. The van der Waals surface area contributed by atoms with Gasteiger partial charge in [-0.25, -0.2) is 0 Å². The molecule has 1 aromatic heterocycles. The van der Waals surface area contributed by atoms with Gasteiger partial charge in [-0.3, -0.25) is 14.5 Å². The van der Waals surface area contributed by atoms with Crippen LogP contribution in [0.1, 0.15) is 47.2 Å². The Morgan fingerprint density at radius 1 is 0.972 bits per heavy atom. The second kappa shape index (κ2) is 9.49. The maximum absolute atomic E-state index is 13.4. The molecule has 3 aromatic rings.